The van der Waals surface area contributed by atoms with Crippen LogP contribution in [-0.2, 0) is 22.6 Å². The summed E-state index contributed by atoms with van der Waals surface area (Å²) in [6.07, 6.45) is 1.19. The zero-order chi connectivity index (χ0) is 25.2. The molecule has 0 spiro atoms. The summed E-state index contributed by atoms with van der Waals surface area (Å²) < 4.78 is 5.87. The van der Waals surface area contributed by atoms with Crippen molar-refractivity contribution in [1.29, 1.82) is 0 Å². The number of para-hydroxylation sites is 1. The molecule has 2 atom stereocenters. The Morgan fingerprint density at radius 3 is 2.26 bits per heavy atom. The van der Waals surface area contributed by atoms with Gasteiger partial charge in [0.15, 0.2) is 6.61 Å². The van der Waals surface area contributed by atoms with Crippen molar-refractivity contribution in [2.45, 2.75) is 52.2 Å². The van der Waals surface area contributed by atoms with Gasteiger partial charge in [0.25, 0.3) is 5.91 Å². The van der Waals surface area contributed by atoms with Crippen LogP contribution in [-0.4, -0.2) is 35.4 Å². The molecule has 0 fully saturated rings. The smallest absolute Gasteiger partial charge is 0.261 e. The summed E-state index contributed by atoms with van der Waals surface area (Å²) in [7, 11) is 0. The van der Waals surface area contributed by atoms with Gasteiger partial charge in [-0.2, -0.15) is 0 Å². The largest absolute Gasteiger partial charge is 0.484 e. The summed E-state index contributed by atoms with van der Waals surface area (Å²) in [4.78, 5) is 28.7. The lowest BCUT2D eigenvalue weighted by Crippen LogP contribution is -2.53. The Balaban J connectivity index is 1.91. The third kappa shape index (κ3) is 7.86. The van der Waals surface area contributed by atoms with E-state index in [1.807, 2.05) is 87.5 Å². The van der Waals surface area contributed by atoms with Gasteiger partial charge in [-0.1, -0.05) is 79.2 Å². The minimum Gasteiger partial charge on any atom is -0.484 e. The van der Waals surface area contributed by atoms with E-state index in [1.54, 1.807) is 17.0 Å². The first-order chi connectivity index (χ1) is 16.9. The van der Waals surface area contributed by atoms with E-state index in [2.05, 4.69) is 5.32 Å². The molecule has 184 valence electrons. The first-order valence-electron chi connectivity index (χ1n) is 11.9. The van der Waals surface area contributed by atoms with Crippen LogP contribution in [0.15, 0.2) is 78.9 Å². The van der Waals surface area contributed by atoms with Crippen LogP contribution in [0.3, 0.4) is 0 Å². The third-order valence-electron chi connectivity index (χ3n) is 5.98. The minimum atomic E-state index is -0.699. The molecule has 0 aliphatic carbocycles. The molecule has 0 heterocycles. The van der Waals surface area contributed by atoms with Crippen molar-refractivity contribution in [3.05, 3.63) is 101 Å². The molecule has 3 aromatic rings. The molecular weight excluding hydrogens is 460 g/mol. The van der Waals surface area contributed by atoms with Gasteiger partial charge in [-0.15, -0.1) is 0 Å². The lowest BCUT2D eigenvalue weighted by Gasteiger charge is -2.32. The van der Waals surface area contributed by atoms with E-state index in [1.165, 1.54) is 0 Å². The fourth-order valence-electron chi connectivity index (χ4n) is 3.72. The number of benzene rings is 3. The van der Waals surface area contributed by atoms with Gasteiger partial charge in [-0.25, -0.2) is 0 Å². The summed E-state index contributed by atoms with van der Waals surface area (Å²) >= 11 is 6.07. The molecule has 3 aromatic carbocycles. The van der Waals surface area contributed by atoms with E-state index in [0.717, 1.165) is 23.1 Å². The summed E-state index contributed by atoms with van der Waals surface area (Å²) in [5.74, 6) is 0.209. The fraction of sp³-hybridized carbons (Fsp3) is 0.310. The van der Waals surface area contributed by atoms with Crippen LogP contribution in [0.4, 0.5) is 0 Å². The van der Waals surface area contributed by atoms with Gasteiger partial charge in [-0.05, 0) is 55.2 Å². The van der Waals surface area contributed by atoms with E-state index in [0.29, 0.717) is 17.2 Å². The van der Waals surface area contributed by atoms with Crippen molar-refractivity contribution in [2.24, 2.45) is 0 Å². The third-order valence-corrected chi connectivity index (χ3v) is 6.24. The monoisotopic (exact) mass is 492 g/mol. The molecule has 0 unspecified atom stereocenters. The molecule has 0 bridgehead atoms. The maximum absolute atomic E-state index is 13.6. The number of carbonyl (C=O) groups excluding carboxylic acids is 2. The Kier molecular flexibility index (Phi) is 9.74. The zero-order valence-electron chi connectivity index (χ0n) is 20.5. The molecule has 0 saturated carbocycles. The van der Waals surface area contributed by atoms with Crippen LogP contribution in [0.25, 0.3) is 0 Å². The number of rotatable bonds is 11. The number of hydrogen-bond acceptors (Lipinski definition) is 3. The molecule has 6 heteroatoms. The summed E-state index contributed by atoms with van der Waals surface area (Å²) in [5, 5.41) is 3.68. The Morgan fingerprint density at radius 1 is 0.943 bits per heavy atom. The van der Waals surface area contributed by atoms with Crippen molar-refractivity contribution in [3.63, 3.8) is 0 Å². The van der Waals surface area contributed by atoms with Crippen LogP contribution >= 0.6 is 11.6 Å². The highest BCUT2D eigenvalue weighted by Gasteiger charge is 2.31. The van der Waals surface area contributed by atoms with Gasteiger partial charge in [0.2, 0.25) is 5.91 Å². The van der Waals surface area contributed by atoms with Gasteiger partial charge in [0.1, 0.15) is 11.8 Å². The van der Waals surface area contributed by atoms with E-state index in [-0.39, 0.29) is 31.0 Å². The molecule has 0 aliphatic heterocycles. The minimum absolute atomic E-state index is 0.00326. The van der Waals surface area contributed by atoms with Gasteiger partial charge < -0.3 is 15.0 Å². The SMILES string of the molecule is CC[C@H](C)NC(=O)[C@H](Cc1ccccc1)N(Cc1ccc(Cl)cc1)C(=O)COc1ccccc1C. The Bertz CT molecular complexity index is 1100. The second kappa shape index (κ2) is 13.0. The van der Waals surface area contributed by atoms with Crippen molar-refractivity contribution in [2.75, 3.05) is 6.61 Å². The maximum Gasteiger partial charge on any atom is 0.261 e. The van der Waals surface area contributed by atoms with Crippen molar-refractivity contribution < 1.29 is 14.3 Å². The molecule has 35 heavy (non-hydrogen) atoms. The topological polar surface area (TPSA) is 58.6 Å². The van der Waals surface area contributed by atoms with Crippen molar-refractivity contribution in [1.82, 2.24) is 10.2 Å². The maximum atomic E-state index is 13.6. The quantitative estimate of drug-likeness (QED) is 0.380. The Labute approximate surface area is 213 Å². The van der Waals surface area contributed by atoms with Crippen LogP contribution in [0.1, 0.15) is 37.0 Å². The normalized spacial score (nSPS) is 12.5. The van der Waals surface area contributed by atoms with Crippen molar-refractivity contribution in [3.8, 4) is 5.75 Å². The molecule has 0 saturated heterocycles. The number of hydrogen-bond donors (Lipinski definition) is 1. The van der Waals surface area contributed by atoms with Gasteiger partial charge in [0.05, 0.1) is 0 Å². The number of ether oxygens (including phenoxy) is 1. The average molecular weight is 493 g/mol. The molecule has 3 rings (SSSR count). The van der Waals surface area contributed by atoms with Crippen LogP contribution in [0.2, 0.25) is 5.02 Å². The first kappa shape index (κ1) is 26.3. The zero-order valence-corrected chi connectivity index (χ0v) is 21.3. The number of aryl methyl sites for hydroxylation is 1. The highest BCUT2D eigenvalue weighted by Crippen LogP contribution is 2.19. The fourth-order valence-corrected chi connectivity index (χ4v) is 3.85. The summed E-state index contributed by atoms with van der Waals surface area (Å²) in [6.45, 7) is 6.01. The lowest BCUT2D eigenvalue weighted by atomic mass is 10.0. The Hall–Kier alpha value is -3.31. The number of carbonyl (C=O) groups is 2. The van der Waals surface area contributed by atoms with Crippen LogP contribution < -0.4 is 10.1 Å². The highest BCUT2D eigenvalue weighted by molar-refractivity contribution is 6.30. The highest BCUT2D eigenvalue weighted by atomic mass is 35.5. The summed E-state index contributed by atoms with van der Waals surface area (Å²) in [5.41, 5.74) is 2.80. The molecule has 1 N–H and O–H groups in total. The molecule has 0 radical (unpaired) electrons. The van der Waals surface area contributed by atoms with E-state index < -0.39 is 6.04 Å². The Morgan fingerprint density at radius 2 is 1.60 bits per heavy atom. The standard InChI is InChI=1S/C29H33ClN2O3/c1-4-22(3)31-29(34)26(18-23-11-6-5-7-12-23)32(19-24-14-16-25(30)17-15-24)28(33)20-35-27-13-9-8-10-21(27)2/h5-17,22,26H,4,18-20H2,1-3H3,(H,31,34)/t22-,26-/m0/s1. The second-order valence-corrected chi connectivity index (χ2v) is 9.16. The second-order valence-electron chi connectivity index (χ2n) is 8.73. The number of halogens is 1. The molecule has 5 nitrogen and oxygen atoms in total. The van der Waals surface area contributed by atoms with Gasteiger partial charge >= 0.3 is 0 Å². The lowest BCUT2D eigenvalue weighted by molar-refractivity contribution is -0.143. The molecule has 0 aromatic heterocycles. The summed E-state index contributed by atoms with van der Waals surface area (Å²) in [6, 6.07) is 23.9. The van der Waals surface area contributed by atoms with E-state index >= 15 is 0 Å². The van der Waals surface area contributed by atoms with Crippen LogP contribution in [0, 0.1) is 6.92 Å². The number of nitrogens with one attached hydrogen (secondary N) is 1. The molecule has 2 amide bonds. The first-order valence-corrected chi connectivity index (χ1v) is 12.3. The van der Waals surface area contributed by atoms with Gasteiger partial charge in [-0.3, -0.25) is 9.59 Å². The predicted molar refractivity (Wildman–Crippen MR) is 141 cm³/mol. The number of nitrogens with zero attached hydrogens (tertiary/aromatic N) is 1. The van der Waals surface area contributed by atoms with Gasteiger partial charge in [0, 0.05) is 24.0 Å². The van der Waals surface area contributed by atoms with E-state index in [9.17, 15) is 9.59 Å². The van der Waals surface area contributed by atoms with E-state index in [4.69, 9.17) is 16.3 Å². The number of amides is 2. The van der Waals surface area contributed by atoms with Crippen molar-refractivity contribution >= 4 is 23.4 Å². The average Bonchev–Trinajstić information content (AvgIpc) is 2.87. The molecular formula is C29H33ClN2O3. The predicted octanol–water partition coefficient (Wildman–Crippen LogP) is 5.58. The molecule has 0 aliphatic rings. The van der Waals surface area contributed by atoms with Crippen LogP contribution in [0.5, 0.6) is 5.75 Å².